The van der Waals surface area contributed by atoms with E-state index in [0.29, 0.717) is 18.7 Å². The van der Waals surface area contributed by atoms with Crippen molar-refractivity contribution < 1.29 is 17.9 Å². The predicted molar refractivity (Wildman–Crippen MR) is 108 cm³/mol. The van der Waals surface area contributed by atoms with Crippen molar-refractivity contribution >= 4 is 15.9 Å². The van der Waals surface area contributed by atoms with Crippen LogP contribution >= 0.6 is 0 Å². The van der Waals surface area contributed by atoms with E-state index in [1.54, 1.807) is 31.4 Å². The van der Waals surface area contributed by atoms with E-state index in [0.717, 1.165) is 24.0 Å². The highest BCUT2D eigenvalue weighted by molar-refractivity contribution is 7.89. The number of para-hydroxylation sites is 1. The maximum atomic E-state index is 13.1. The highest BCUT2D eigenvalue weighted by atomic mass is 32.2. The van der Waals surface area contributed by atoms with E-state index < -0.39 is 16.1 Å². The minimum atomic E-state index is -3.72. The molecule has 1 amide bonds. The number of rotatable bonds is 6. The van der Waals surface area contributed by atoms with Crippen LogP contribution in [0, 0.1) is 6.92 Å². The molecule has 1 N–H and O–H groups in total. The molecule has 1 saturated heterocycles. The van der Waals surface area contributed by atoms with Crippen LogP contribution in [-0.4, -0.2) is 38.3 Å². The molecule has 1 aliphatic heterocycles. The van der Waals surface area contributed by atoms with Crippen molar-refractivity contribution in [1.29, 1.82) is 0 Å². The fourth-order valence-electron chi connectivity index (χ4n) is 3.45. The lowest BCUT2D eigenvalue weighted by Crippen LogP contribution is -2.51. The monoisotopic (exact) mass is 402 g/mol. The lowest BCUT2D eigenvalue weighted by molar-refractivity contribution is -0.125. The van der Waals surface area contributed by atoms with Crippen LogP contribution in [0.25, 0.3) is 0 Å². The van der Waals surface area contributed by atoms with Gasteiger partial charge in [0.15, 0.2) is 0 Å². The van der Waals surface area contributed by atoms with Crippen LogP contribution < -0.4 is 10.1 Å². The number of sulfonamides is 1. The minimum Gasteiger partial charge on any atom is -0.496 e. The molecule has 6 nitrogen and oxygen atoms in total. The molecule has 150 valence electrons. The molecule has 7 heteroatoms. The van der Waals surface area contributed by atoms with Gasteiger partial charge in [-0.2, -0.15) is 4.31 Å². The largest absolute Gasteiger partial charge is 0.496 e. The number of piperidine rings is 1. The lowest BCUT2D eigenvalue weighted by Gasteiger charge is -2.33. The van der Waals surface area contributed by atoms with Crippen molar-refractivity contribution in [3.05, 3.63) is 59.7 Å². The quantitative estimate of drug-likeness (QED) is 0.806. The van der Waals surface area contributed by atoms with E-state index in [9.17, 15) is 13.2 Å². The summed E-state index contributed by atoms with van der Waals surface area (Å²) in [5, 5.41) is 2.88. The molecule has 1 atom stereocenters. The molecule has 0 spiro atoms. The molecular weight excluding hydrogens is 376 g/mol. The van der Waals surface area contributed by atoms with Gasteiger partial charge in [0.1, 0.15) is 11.8 Å². The average Bonchev–Trinajstić information content (AvgIpc) is 2.72. The van der Waals surface area contributed by atoms with E-state index in [4.69, 9.17) is 4.74 Å². The number of ether oxygens (including phenoxy) is 1. The van der Waals surface area contributed by atoms with Gasteiger partial charge >= 0.3 is 0 Å². The number of nitrogens with one attached hydrogen (secondary N) is 1. The number of nitrogens with zero attached hydrogens (tertiary/aromatic N) is 1. The first-order chi connectivity index (χ1) is 13.4. The average molecular weight is 403 g/mol. The summed E-state index contributed by atoms with van der Waals surface area (Å²) < 4.78 is 32.9. The van der Waals surface area contributed by atoms with Crippen LogP contribution in [0.1, 0.15) is 30.4 Å². The van der Waals surface area contributed by atoms with Crippen LogP contribution in [-0.2, 0) is 21.4 Å². The number of carbonyl (C=O) groups is 1. The predicted octanol–water partition coefficient (Wildman–Crippen LogP) is 2.86. The van der Waals surface area contributed by atoms with Crippen LogP contribution in [0.5, 0.6) is 5.75 Å². The maximum Gasteiger partial charge on any atom is 0.243 e. The topological polar surface area (TPSA) is 75.7 Å². The summed E-state index contributed by atoms with van der Waals surface area (Å²) in [5.74, 6) is 0.414. The second-order valence-corrected chi connectivity index (χ2v) is 8.86. The third-order valence-corrected chi connectivity index (χ3v) is 6.95. The molecule has 0 saturated carbocycles. The van der Waals surface area contributed by atoms with Gasteiger partial charge in [-0.15, -0.1) is 0 Å². The maximum absolute atomic E-state index is 13.1. The number of benzene rings is 2. The molecule has 0 aliphatic carbocycles. The number of amides is 1. The van der Waals surface area contributed by atoms with Gasteiger partial charge in [-0.1, -0.05) is 42.3 Å². The fraction of sp³-hybridized carbons (Fsp3) is 0.381. The van der Waals surface area contributed by atoms with Gasteiger partial charge in [0, 0.05) is 18.7 Å². The number of carbonyl (C=O) groups excluding carboxylic acids is 1. The molecular formula is C21H26N2O4S. The first-order valence-electron chi connectivity index (χ1n) is 9.41. The Balaban J connectivity index is 1.77. The Morgan fingerprint density at radius 3 is 2.57 bits per heavy atom. The van der Waals surface area contributed by atoms with Crippen molar-refractivity contribution in [2.24, 2.45) is 0 Å². The van der Waals surface area contributed by atoms with E-state index in [2.05, 4.69) is 5.32 Å². The van der Waals surface area contributed by atoms with Crippen LogP contribution in [0.3, 0.4) is 0 Å². The second-order valence-electron chi connectivity index (χ2n) is 6.97. The molecule has 3 rings (SSSR count). The Labute approximate surface area is 166 Å². The Kier molecular flexibility index (Phi) is 6.36. The third-order valence-electron chi connectivity index (χ3n) is 5.03. The van der Waals surface area contributed by atoms with Crippen molar-refractivity contribution in [2.75, 3.05) is 13.7 Å². The zero-order chi connectivity index (χ0) is 20.1. The Hall–Kier alpha value is -2.38. The van der Waals surface area contributed by atoms with Gasteiger partial charge in [-0.3, -0.25) is 4.79 Å². The molecule has 0 unspecified atom stereocenters. The normalized spacial score (nSPS) is 17.9. The molecule has 28 heavy (non-hydrogen) atoms. The smallest absolute Gasteiger partial charge is 0.243 e. The minimum absolute atomic E-state index is 0.225. The number of hydrogen-bond acceptors (Lipinski definition) is 4. The van der Waals surface area contributed by atoms with Crippen molar-refractivity contribution in [1.82, 2.24) is 9.62 Å². The second kappa shape index (κ2) is 8.75. The van der Waals surface area contributed by atoms with Gasteiger partial charge in [0.05, 0.1) is 12.0 Å². The van der Waals surface area contributed by atoms with E-state index in [1.165, 1.54) is 4.31 Å². The number of methoxy groups -OCH3 is 1. The van der Waals surface area contributed by atoms with E-state index in [1.807, 2.05) is 31.2 Å². The van der Waals surface area contributed by atoms with Crippen molar-refractivity contribution in [3.8, 4) is 5.75 Å². The first kappa shape index (κ1) is 20.4. The summed E-state index contributed by atoms with van der Waals surface area (Å²) in [6.07, 6.45) is 2.09. The Morgan fingerprint density at radius 2 is 1.86 bits per heavy atom. The molecule has 2 aromatic rings. The number of hydrogen-bond donors (Lipinski definition) is 1. The molecule has 0 radical (unpaired) electrons. The molecule has 1 heterocycles. The van der Waals surface area contributed by atoms with E-state index >= 15 is 0 Å². The molecule has 1 aliphatic rings. The molecule has 1 fully saturated rings. The standard InChI is InChI=1S/C21H26N2O4S/c1-16-10-12-18(13-11-16)28(25,26)23-14-6-5-8-19(23)21(24)22-15-17-7-3-4-9-20(17)27-2/h3-4,7,9-13,19H,5-6,8,14-15H2,1-2H3,(H,22,24)/t19-/m0/s1. The summed E-state index contributed by atoms with van der Waals surface area (Å²) in [5.41, 5.74) is 1.84. The Morgan fingerprint density at radius 1 is 1.14 bits per heavy atom. The highest BCUT2D eigenvalue weighted by Gasteiger charge is 2.37. The molecule has 2 aromatic carbocycles. The fourth-order valence-corrected chi connectivity index (χ4v) is 5.11. The SMILES string of the molecule is COc1ccccc1CNC(=O)[C@@H]1CCCCN1S(=O)(=O)c1ccc(C)cc1. The Bertz CT molecular complexity index is 926. The summed E-state index contributed by atoms with van der Waals surface area (Å²) >= 11 is 0. The highest BCUT2D eigenvalue weighted by Crippen LogP contribution is 2.26. The van der Waals surface area contributed by atoms with E-state index in [-0.39, 0.29) is 17.3 Å². The van der Waals surface area contributed by atoms with Crippen molar-refractivity contribution in [2.45, 2.75) is 43.7 Å². The van der Waals surface area contributed by atoms with Gasteiger partial charge in [-0.25, -0.2) is 8.42 Å². The van der Waals surface area contributed by atoms with Gasteiger partial charge in [-0.05, 0) is 38.0 Å². The molecule has 0 aromatic heterocycles. The van der Waals surface area contributed by atoms with Gasteiger partial charge in [0.25, 0.3) is 0 Å². The zero-order valence-electron chi connectivity index (χ0n) is 16.2. The molecule has 0 bridgehead atoms. The van der Waals surface area contributed by atoms with Crippen molar-refractivity contribution in [3.63, 3.8) is 0 Å². The summed E-state index contributed by atoms with van der Waals surface area (Å²) in [6, 6.07) is 13.5. The summed E-state index contributed by atoms with van der Waals surface area (Å²) in [7, 11) is -2.14. The van der Waals surface area contributed by atoms with Crippen LogP contribution in [0.4, 0.5) is 0 Å². The van der Waals surface area contributed by atoms with Crippen LogP contribution in [0.15, 0.2) is 53.4 Å². The van der Waals surface area contributed by atoms with Gasteiger partial charge < -0.3 is 10.1 Å². The lowest BCUT2D eigenvalue weighted by atomic mass is 10.0. The first-order valence-corrected chi connectivity index (χ1v) is 10.9. The van der Waals surface area contributed by atoms with Gasteiger partial charge in [0.2, 0.25) is 15.9 Å². The third kappa shape index (κ3) is 4.36. The zero-order valence-corrected chi connectivity index (χ0v) is 17.0. The number of aryl methyl sites for hydroxylation is 1. The summed E-state index contributed by atoms with van der Waals surface area (Å²) in [4.78, 5) is 13.1. The summed E-state index contributed by atoms with van der Waals surface area (Å²) in [6.45, 7) is 2.55. The van der Waals surface area contributed by atoms with Crippen LogP contribution in [0.2, 0.25) is 0 Å².